The maximum atomic E-state index is 12.5. The fraction of sp³-hybridized carbons (Fsp3) is 0.217. The third kappa shape index (κ3) is 5.93. The number of thioether (sulfide) groups is 1. The van der Waals surface area contributed by atoms with E-state index in [2.05, 4.69) is 51.7 Å². The summed E-state index contributed by atoms with van der Waals surface area (Å²) in [5.74, 6) is 1.45. The zero-order chi connectivity index (χ0) is 22.3. The summed E-state index contributed by atoms with van der Waals surface area (Å²) in [4.78, 5) is 17.1. The Hall–Kier alpha value is -2.75. The van der Waals surface area contributed by atoms with Crippen molar-refractivity contribution in [2.45, 2.75) is 30.4 Å². The molecule has 0 saturated carbocycles. The van der Waals surface area contributed by atoms with Crippen LogP contribution in [0.4, 0.5) is 5.13 Å². The number of carbonyl (C=O) groups excluding carboxylic acids is 1. The van der Waals surface area contributed by atoms with Gasteiger partial charge in [-0.05, 0) is 31.5 Å². The highest BCUT2D eigenvalue weighted by atomic mass is 32.2. The van der Waals surface area contributed by atoms with E-state index in [0.717, 1.165) is 26.4 Å². The van der Waals surface area contributed by atoms with Gasteiger partial charge in [-0.1, -0.05) is 65.1 Å². The Bertz CT molecular complexity index is 1190. The average molecular weight is 483 g/mol. The third-order valence-corrected chi connectivity index (χ3v) is 7.41. The predicted octanol–water partition coefficient (Wildman–Crippen LogP) is 5.84. The van der Waals surface area contributed by atoms with Gasteiger partial charge in [-0.3, -0.25) is 4.79 Å². The van der Waals surface area contributed by atoms with Crippen LogP contribution in [-0.4, -0.2) is 27.7 Å². The Morgan fingerprint density at radius 3 is 2.75 bits per heavy atom. The van der Waals surface area contributed by atoms with E-state index in [-0.39, 0.29) is 12.3 Å². The molecule has 6 nitrogen and oxygen atoms in total. The van der Waals surface area contributed by atoms with Crippen LogP contribution >= 0.6 is 34.4 Å². The smallest absolute Gasteiger partial charge is 0.232 e. The van der Waals surface area contributed by atoms with Gasteiger partial charge in [0.1, 0.15) is 10.8 Å². The predicted molar refractivity (Wildman–Crippen MR) is 132 cm³/mol. The second-order valence-corrected chi connectivity index (χ2v) is 10.0. The van der Waals surface area contributed by atoms with E-state index in [1.165, 1.54) is 33.8 Å². The lowest BCUT2D eigenvalue weighted by Crippen LogP contribution is -2.14. The van der Waals surface area contributed by atoms with Crippen LogP contribution < -0.4 is 10.1 Å². The Morgan fingerprint density at radius 1 is 1.12 bits per heavy atom. The van der Waals surface area contributed by atoms with E-state index < -0.39 is 0 Å². The number of anilines is 1. The van der Waals surface area contributed by atoms with Gasteiger partial charge >= 0.3 is 0 Å². The van der Waals surface area contributed by atoms with Crippen molar-refractivity contribution >= 4 is 45.5 Å². The Balaban J connectivity index is 1.32. The fourth-order valence-electron chi connectivity index (χ4n) is 2.91. The number of amides is 1. The zero-order valence-corrected chi connectivity index (χ0v) is 20.1. The topological polar surface area (TPSA) is 77.0 Å². The number of nitrogens with zero attached hydrogens (tertiary/aromatic N) is 3. The molecule has 0 radical (unpaired) electrons. The molecule has 0 aliphatic carbocycles. The van der Waals surface area contributed by atoms with E-state index >= 15 is 0 Å². The minimum absolute atomic E-state index is 0.161. The Kier molecular flexibility index (Phi) is 7.51. The summed E-state index contributed by atoms with van der Waals surface area (Å²) in [6.07, 6.45) is 0.179. The normalized spacial score (nSPS) is 10.8. The highest BCUT2D eigenvalue weighted by molar-refractivity contribution is 8.00. The second kappa shape index (κ2) is 10.7. The van der Waals surface area contributed by atoms with Crippen LogP contribution in [0.5, 0.6) is 5.75 Å². The lowest BCUT2D eigenvalue weighted by atomic mass is 10.2. The quantitative estimate of drug-likeness (QED) is 0.238. The van der Waals surface area contributed by atoms with Crippen LogP contribution in [0.2, 0.25) is 0 Å². The first-order valence-corrected chi connectivity index (χ1v) is 12.8. The number of benzene rings is 2. The van der Waals surface area contributed by atoms with E-state index in [1.807, 2.05) is 36.6 Å². The van der Waals surface area contributed by atoms with Gasteiger partial charge in [0.2, 0.25) is 11.0 Å². The molecule has 0 aliphatic rings. The molecule has 2 heterocycles. The van der Waals surface area contributed by atoms with Crippen molar-refractivity contribution < 1.29 is 9.53 Å². The van der Waals surface area contributed by atoms with Crippen molar-refractivity contribution in [2.75, 3.05) is 11.9 Å². The molecule has 0 fully saturated rings. The number of para-hydroxylation sites is 1. The van der Waals surface area contributed by atoms with Crippen LogP contribution in [0.15, 0.2) is 58.3 Å². The second-order valence-electron chi connectivity index (χ2n) is 6.95. The number of hydrogen-bond donors (Lipinski definition) is 1. The molecule has 32 heavy (non-hydrogen) atoms. The number of ether oxygens (including phenoxy) is 1. The van der Waals surface area contributed by atoms with Crippen LogP contribution in [0.1, 0.15) is 23.7 Å². The van der Waals surface area contributed by atoms with Crippen LogP contribution in [0.3, 0.4) is 0 Å². The Labute approximate surface area is 199 Å². The Morgan fingerprint density at radius 2 is 1.94 bits per heavy atom. The summed E-state index contributed by atoms with van der Waals surface area (Å²) in [5.41, 5.74) is 4.12. The van der Waals surface area contributed by atoms with Crippen molar-refractivity contribution in [3.63, 3.8) is 0 Å². The molecule has 2 aromatic heterocycles. The minimum Gasteiger partial charge on any atom is -0.493 e. The van der Waals surface area contributed by atoms with Crippen molar-refractivity contribution in [3.8, 4) is 16.3 Å². The van der Waals surface area contributed by atoms with Crippen molar-refractivity contribution in [1.82, 2.24) is 15.2 Å². The number of nitrogens with one attached hydrogen (secondary N) is 1. The molecule has 4 rings (SSSR count). The highest BCUT2D eigenvalue weighted by Gasteiger charge is 2.14. The summed E-state index contributed by atoms with van der Waals surface area (Å²) < 4.78 is 6.51. The first-order chi connectivity index (χ1) is 15.6. The zero-order valence-electron chi connectivity index (χ0n) is 17.7. The van der Waals surface area contributed by atoms with Gasteiger partial charge in [0.05, 0.1) is 24.3 Å². The van der Waals surface area contributed by atoms with Gasteiger partial charge in [-0.15, -0.1) is 21.5 Å². The summed E-state index contributed by atoms with van der Waals surface area (Å²) in [6, 6.07) is 16.2. The van der Waals surface area contributed by atoms with Crippen molar-refractivity contribution in [2.24, 2.45) is 0 Å². The first kappa shape index (κ1) is 22.4. The molecule has 9 heteroatoms. The number of rotatable bonds is 9. The number of carbonyl (C=O) groups is 1. The molecule has 4 aromatic rings. The highest BCUT2D eigenvalue weighted by Crippen LogP contribution is 2.32. The summed E-state index contributed by atoms with van der Waals surface area (Å²) in [6.45, 7) is 4.61. The standard InChI is InChI=1S/C23H22N4O2S3/c1-3-29-19-7-5-4-6-18(19)21-24-17(14-30-21)12-20(28)25-22-26-27-23(32-22)31-13-16-10-8-15(2)9-11-16/h4-11,14H,3,12-13H2,1-2H3,(H,25,26,28). The number of hydrogen-bond acceptors (Lipinski definition) is 8. The molecule has 0 unspecified atom stereocenters. The van der Waals surface area contributed by atoms with Gasteiger partial charge in [0.25, 0.3) is 0 Å². The summed E-state index contributed by atoms with van der Waals surface area (Å²) in [5, 5.41) is 14.3. The van der Waals surface area contributed by atoms with Gasteiger partial charge in [-0.25, -0.2) is 4.98 Å². The lowest BCUT2D eigenvalue weighted by Gasteiger charge is -2.07. The summed E-state index contributed by atoms with van der Waals surface area (Å²) in [7, 11) is 0. The van der Waals surface area contributed by atoms with Crippen molar-refractivity contribution in [1.29, 1.82) is 0 Å². The minimum atomic E-state index is -0.161. The van der Waals surface area contributed by atoms with Crippen LogP contribution in [0.25, 0.3) is 10.6 Å². The molecule has 1 amide bonds. The molecule has 2 aromatic carbocycles. The maximum Gasteiger partial charge on any atom is 0.232 e. The molecule has 0 saturated heterocycles. The average Bonchev–Trinajstić information content (AvgIpc) is 3.43. The number of aryl methyl sites for hydroxylation is 1. The molecule has 0 spiro atoms. The largest absolute Gasteiger partial charge is 0.493 e. The molecule has 0 atom stereocenters. The monoisotopic (exact) mass is 482 g/mol. The molecule has 0 bridgehead atoms. The fourth-order valence-corrected chi connectivity index (χ4v) is 5.49. The SMILES string of the molecule is CCOc1ccccc1-c1nc(CC(=O)Nc2nnc(SCc3ccc(C)cc3)s2)cs1. The summed E-state index contributed by atoms with van der Waals surface area (Å²) >= 11 is 4.49. The first-order valence-electron chi connectivity index (χ1n) is 10.1. The van der Waals surface area contributed by atoms with E-state index in [0.29, 0.717) is 17.4 Å². The van der Waals surface area contributed by atoms with Gasteiger partial charge in [-0.2, -0.15) is 0 Å². The number of thiazole rings is 1. The number of aromatic nitrogens is 3. The molecular formula is C23H22N4O2S3. The van der Waals surface area contributed by atoms with Gasteiger partial charge in [0.15, 0.2) is 4.34 Å². The third-order valence-electron chi connectivity index (χ3n) is 4.45. The molecule has 1 N–H and O–H groups in total. The molecule has 164 valence electrons. The van der Waals surface area contributed by atoms with Crippen molar-refractivity contribution in [3.05, 3.63) is 70.7 Å². The van der Waals surface area contributed by atoms with Crippen LogP contribution in [-0.2, 0) is 17.0 Å². The van der Waals surface area contributed by atoms with Gasteiger partial charge in [0, 0.05) is 11.1 Å². The van der Waals surface area contributed by atoms with Gasteiger partial charge < -0.3 is 10.1 Å². The van der Waals surface area contributed by atoms with Crippen LogP contribution in [0, 0.1) is 6.92 Å². The molecular weight excluding hydrogens is 460 g/mol. The van der Waals surface area contributed by atoms with E-state index in [4.69, 9.17) is 4.74 Å². The lowest BCUT2D eigenvalue weighted by molar-refractivity contribution is -0.115. The van der Waals surface area contributed by atoms with E-state index in [1.54, 1.807) is 11.8 Å². The molecule has 0 aliphatic heterocycles. The maximum absolute atomic E-state index is 12.5. The van der Waals surface area contributed by atoms with E-state index in [9.17, 15) is 4.79 Å².